The molecule has 134 valence electrons. The zero-order valence-electron chi connectivity index (χ0n) is 12.9. The molecule has 22 heavy (non-hydrogen) atoms. The number of hydrogen-bond donors (Lipinski definition) is 1. The van der Waals surface area contributed by atoms with Gasteiger partial charge < -0.3 is 51.4 Å². The molecule has 0 rings (SSSR count). The number of aliphatic hydroxyl groups excluding tert-OH is 1. The van der Waals surface area contributed by atoms with Gasteiger partial charge in [-0.25, -0.2) is 0 Å². The molecule has 0 aromatic heterocycles. The van der Waals surface area contributed by atoms with Gasteiger partial charge in [0, 0.05) is 6.61 Å². The van der Waals surface area contributed by atoms with E-state index < -0.39 is 10.2 Å². The third-order valence-corrected chi connectivity index (χ3v) is 0.632. The zero-order chi connectivity index (χ0) is 17.4. The van der Waals surface area contributed by atoms with Gasteiger partial charge in [0.25, 0.3) is 0 Å². The molecular weight excluding hydrogens is 387 g/mol. The van der Waals surface area contributed by atoms with Crippen LogP contribution in [0.15, 0.2) is 0 Å². The summed E-state index contributed by atoms with van der Waals surface area (Å²) in [6.07, 6.45) is 2.40. The minimum Gasteiger partial charge on any atom is -0.854 e. The molecule has 0 bridgehead atoms. The van der Waals surface area contributed by atoms with Crippen LogP contribution in [0, 0.1) is 30.6 Å². The summed E-state index contributed by atoms with van der Waals surface area (Å²) >= 11 is 0. The van der Waals surface area contributed by atoms with Crippen LogP contribution in [0.3, 0.4) is 0 Å². The van der Waals surface area contributed by atoms with E-state index in [2.05, 4.69) is 0 Å². The van der Waals surface area contributed by atoms with Gasteiger partial charge in [-0.05, 0) is 6.42 Å². The van der Waals surface area contributed by atoms with Crippen molar-refractivity contribution in [2.24, 2.45) is 0 Å². The Labute approximate surface area is 148 Å². The molecule has 0 aliphatic rings. The second-order valence-electron chi connectivity index (χ2n) is 2.58. The molecular formula is C9H24N2O10Zr. The Bertz CT molecular complexity index is 141. The number of aliphatic hydroxyl groups is 1. The van der Waals surface area contributed by atoms with Gasteiger partial charge in [0.15, 0.2) is 0 Å². The van der Waals surface area contributed by atoms with E-state index >= 15 is 0 Å². The molecule has 12 nitrogen and oxygen atoms in total. The first kappa shape index (κ1) is 42.9. The fourth-order valence-corrected chi connectivity index (χ4v) is 0. The van der Waals surface area contributed by atoms with E-state index in [0.717, 1.165) is 19.3 Å². The second kappa shape index (κ2) is 59.5. The van der Waals surface area contributed by atoms with Crippen LogP contribution in [0.25, 0.3) is 0 Å². The molecule has 0 saturated heterocycles. The first-order valence-electron chi connectivity index (χ1n) is 5.61. The van der Waals surface area contributed by atoms with Gasteiger partial charge in [0.2, 0.25) is 0 Å². The summed E-state index contributed by atoms with van der Waals surface area (Å²) < 4.78 is 0. The fraction of sp³-hybridized carbons (Fsp3) is 1.00. The van der Waals surface area contributed by atoms with Crippen LogP contribution in [0.5, 0.6) is 0 Å². The van der Waals surface area contributed by atoms with Crippen molar-refractivity contribution >= 4 is 0 Å². The molecule has 3 N–H and O–H groups in total. The Morgan fingerprint density at radius 2 is 0.864 bits per heavy atom. The summed E-state index contributed by atoms with van der Waals surface area (Å²) in [6.45, 7) is 6.12. The molecule has 0 radical (unpaired) electrons. The Hall–Kier alpha value is -0.877. The van der Waals surface area contributed by atoms with Crippen LogP contribution in [-0.4, -0.2) is 40.6 Å². The van der Waals surface area contributed by atoms with Crippen LogP contribution in [-0.2, 0) is 26.2 Å². The van der Waals surface area contributed by atoms with E-state index in [-0.39, 0.29) is 44.9 Å². The van der Waals surface area contributed by atoms with Crippen molar-refractivity contribution < 1.29 is 57.2 Å². The summed E-state index contributed by atoms with van der Waals surface area (Å²) in [7, 11) is 0. The summed E-state index contributed by atoms with van der Waals surface area (Å²) in [6, 6.07) is 0. The predicted molar refractivity (Wildman–Crippen MR) is 72.0 cm³/mol. The molecule has 0 amide bonds. The monoisotopic (exact) mass is 410 g/mol. The molecule has 0 saturated carbocycles. The Morgan fingerprint density at radius 1 is 0.773 bits per heavy atom. The van der Waals surface area contributed by atoms with Crippen molar-refractivity contribution in [2.75, 3.05) is 19.8 Å². The zero-order valence-corrected chi connectivity index (χ0v) is 15.3. The second-order valence-corrected chi connectivity index (χ2v) is 2.58. The van der Waals surface area contributed by atoms with Crippen molar-refractivity contribution in [1.29, 1.82) is 0 Å². The quantitative estimate of drug-likeness (QED) is 0.424. The average molecular weight is 412 g/mol. The van der Waals surface area contributed by atoms with Crippen molar-refractivity contribution in [3.8, 4) is 0 Å². The van der Waals surface area contributed by atoms with E-state index in [1.165, 1.54) is 0 Å². The van der Waals surface area contributed by atoms with Crippen molar-refractivity contribution in [3.63, 3.8) is 0 Å². The van der Waals surface area contributed by atoms with Crippen LogP contribution in [0.2, 0.25) is 0 Å². The number of hydrogen-bond acceptors (Lipinski definition) is 9. The Balaban J connectivity index is -0.0000000250. The summed E-state index contributed by atoms with van der Waals surface area (Å²) in [4.78, 5) is 16.5. The van der Waals surface area contributed by atoms with Gasteiger partial charge in [-0.15, -0.1) is 13.2 Å². The van der Waals surface area contributed by atoms with Gasteiger partial charge in [-0.2, -0.15) is 0 Å². The third kappa shape index (κ3) is 1390. The molecule has 0 aromatic rings. The van der Waals surface area contributed by atoms with Gasteiger partial charge in [0.1, 0.15) is 0 Å². The normalized spacial score (nSPS) is 6.27. The maximum absolute atomic E-state index is 9.30. The molecule has 0 heterocycles. The first-order valence-corrected chi connectivity index (χ1v) is 5.61. The van der Waals surface area contributed by atoms with Crippen molar-refractivity contribution in [3.05, 3.63) is 30.6 Å². The third-order valence-electron chi connectivity index (χ3n) is 0.632. The van der Waals surface area contributed by atoms with Gasteiger partial charge in [-0.1, -0.05) is 33.6 Å². The van der Waals surface area contributed by atoms with E-state index in [0.29, 0.717) is 6.61 Å². The largest absolute Gasteiger partial charge is 4.00 e. The summed E-state index contributed by atoms with van der Waals surface area (Å²) in [5.41, 5.74) is 0. The molecule has 13 heteroatoms. The van der Waals surface area contributed by atoms with Crippen LogP contribution in [0.4, 0.5) is 0 Å². The minimum atomic E-state index is -1.75. The molecule has 0 aliphatic heterocycles. The smallest absolute Gasteiger partial charge is 0.854 e. The molecule has 0 aromatic carbocycles. The maximum atomic E-state index is 9.30. The average Bonchev–Trinajstić information content (AvgIpc) is 2.37. The van der Waals surface area contributed by atoms with E-state index in [1.54, 1.807) is 0 Å². The molecule has 0 fully saturated rings. The molecule has 0 unspecified atom stereocenters. The van der Waals surface area contributed by atoms with E-state index in [4.69, 9.17) is 35.7 Å². The van der Waals surface area contributed by atoms with E-state index in [1.807, 2.05) is 20.8 Å². The number of rotatable bonds is 3. The van der Waals surface area contributed by atoms with Crippen molar-refractivity contribution in [1.82, 2.24) is 0 Å². The van der Waals surface area contributed by atoms with Gasteiger partial charge in [-0.3, -0.25) is 0 Å². The molecule has 0 atom stereocenters. The van der Waals surface area contributed by atoms with Crippen LogP contribution >= 0.6 is 0 Å². The first-order chi connectivity index (χ1) is 9.21. The maximum Gasteiger partial charge on any atom is 4.00 e. The predicted octanol–water partition coefficient (Wildman–Crippen LogP) is -1.40. The van der Waals surface area contributed by atoms with Gasteiger partial charge >= 0.3 is 26.2 Å². The van der Waals surface area contributed by atoms with E-state index in [9.17, 15) is 10.2 Å². The standard InChI is InChI=1S/C3H8O.2C3H7O.2NO3.H2O.Zr/c3*1-2-3-4;2*2-1(3)4;;/h4H,2-3H2,1H3;2*2-3H2,1H3;;;1H2;/q;4*-1;;+4. The fourth-order valence-electron chi connectivity index (χ4n) is 0. The van der Waals surface area contributed by atoms with Crippen LogP contribution in [0.1, 0.15) is 40.0 Å². The molecule has 0 spiro atoms. The van der Waals surface area contributed by atoms with Crippen LogP contribution < -0.4 is 10.2 Å². The van der Waals surface area contributed by atoms with Gasteiger partial charge in [0.05, 0.1) is 10.2 Å². The summed E-state index contributed by atoms with van der Waals surface area (Å²) in [5.74, 6) is 0. The number of nitrogens with zero attached hydrogens (tertiary/aromatic N) is 2. The topological polar surface area (TPSA) is 230 Å². The molecule has 0 aliphatic carbocycles. The minimum absolute atomic E-state index is 0. The Morgan fingerprint density at radius 3 is 0.864 bits per heavy atom. The van der Waals surface area contributed by atoms with Crippen molar-refractivity contribution in [2.45, 2.75) is 40.0 Å². The Kier molecular flexibility index (Phi) is 116. The summed E-state index contributed by atoms with van der Waals surface area (Å²) in [5, 5.41) is 56.0. The SMILES string of the molecule is CCCO.CCC[O-].CCC[O-].O.O=[N+]([O-])[O-].O=[N+]([O-])[O-].[Zr+4].